The normalized spacial score (nSPS) is 14.8. The number of para-hydroxylation sites is 2. The molecule has 0 radical (unpaired) electrons. The number of nitrogens with one attached hydrogen (secondary N) is 1. The molecule has 0 unspecified atom stereocenters. The summed E-state index contributed by atoms with van der Waals surface area (Å²) in [4.78, 5) is 34.7. The molecule has 0 aromatic heterocycles. The molecule has 1 heterocycles. The van der Waals surface area contributed by atoms with Crippen molar-refractivity contribution in [2.75, 3.05) is 16.8 Å². The van der Waals surface area contributed by atoms with Gasteiger partial charge in [-0.25, -0.2) is 0 Å². The molecule has 10 heteroatoms. The number of aliphatic carboxylic acids is 1. The minimum Gasteiger partial charge on any atom is -0.481 e. The molecule has 2 N–H and O–H groups in total. The predicted octanol–water partition coefficient (Wildman–Crippen LogP) is 9.39. The van der Waals surface area contributed by atoms with Gasteiger partial charge in [-0.05, 0) is 53.3 Å². The summed E-state index contributed by atoms with van der Waals surface area (Å²) >= 11 is 0. The van der Waals surface area contributed by atoms with Crippen LogP contribution in [-0.2, 0) is 22.2 Å². The molecule has 49 heavy (non-hydrogen) atoms. The summed E-state index contributed by atoms with van der Waals surface area (Å²) in [6.07, 6.45) is 12.7. The van der Waals surface area contributed by atoms with Crippen molar-refractivity contribution < 1.29 is 19.7 Å². The first kappa shape index (κ1) is 36.3. The van der Waals surface area contributed by atoms with E-state index in [0.717, 1.165) is 42.3 Å². The van der Waals surface area contributed by atoms with Gasteiger partial charge < -0.3 is 15.3 Å². The van der Waals surface area contributed by atoms with Crippen LogP contribution in [0, 0.1) is 20.2 Å². The number of nitro benzene ring substituents is 2. The highest BCUT2D eigenvalue weighted by Crippen LogP contribution is 2.47. The number of nitrogens with zero attached hydrogens (tertiary/aromatic N) is 3. The maximum atomic E-state index is 11.3. The number of hydrogen-bond acceptors (Lipinski definition) is 7. The molecule has 0 fully saturated rings. The summed E-state index contributed by atoms with van der Waals surface area (Å²) < 4.78 is 0. The fourth-order valence-corrected chi connectivity index (χ4v) is 6.22. The monoisotopic (exact) mass is 664 g/mol. The second kappa shape index (κ2) is 15.6. The number of fused-ring (bicyclic) bond motifs is 1. The summed E-state index contributed by atoms with van der Waals surface area (Å²) in [6, 6.07) is 19.8. The lowest BCUT2D eigenvalue weighted by Crippen LogP contribution is -2.27. The van der Waals surface area contributed by atoms with E-state index in [2.05, 4.69) is 74.8 Å². The van der Waals surface area contributed by atoms with E-state index in [1.54, 1.807) is 0 Å². The van der Waals surface area contributed by atoms with Crippen LogP contribution < -0.4 is 10.2 Å². The lowest BCUT2D eigenvalue weighted by Gasteiger charge is -2.29. The Bertz CT molecular complexity index is 1790. The lowest BCUT2D eigenvalue weighted by molar-refractivity contribution is -0.394. The topological polar surface area (TPSA) is 139 Å². The summed E-state index contributed by atoms with van der Waals surface area (Å²) in [5, 5.41) is 35.0. The Morgan fingerprint density at radius 2 is 1.59 bits per heavy atom. The van der Waals surface area contributed by atoms with Crippen LogP contribution in [0.1, 0.15) is 70.1 Å². The lowest BCUT2D eigenvalue weighted by atomic mass is 9.77. The van der Waals surface area contributed by atoms with Crippen LogP contribution in [0.3, 0.4) is 0 Å². The Kier molecular flexibility index (Phi) is 11.6. The number of allylic oxidation sites excluding steroid dienone is 7. The fourth-order valence-electron chi connectivity index (χ4n) is 6.22. The van der Waals surface area contributed by atoms with E-state index in [1.807, 2.05) is 48.6 Å². The zero-order chi connectivity index (χ0) is 35.8. The SMILES string of the molecule is C=C(/C=C/C=C/C=C1\N(CCCCCC(=O)O)c2ccccc2C1(C)C)C(C)(C)c1ccccc1NCc1cc([N+](=O)[O-])cc([N+](=O)[O-])c1. The van der Waals surface area contributed by atoms with Crippen molar-refractivity contribution in [1.82, 2.24) is 0 Å². The van der Waals surface area contributed by atoms with Crippen molar-refractivity contribution >= 4 is 28.7 Å². The first-order chi connectivity index (χ1) is 23.2. The Labute approximate surface area is 287 Å². The van der Waals surface area contributed by atoms with E-state index < -0.39 is 21.2 Å². The quantitative estimate of drug-likeness (QED) is 0.0668. The molecule has 10 nitrogen and oxygen atoms in total. The highest BCUT2D eigenvalue weighted by Gasteiger charge is 2.39. The molecule has 1 aliphatic heterocycles. The van der Waals surface area contributed by atoms with Crippen LogP contribution in [0.25, 0.3) is 0 Å². The van der Waals surface area contributed by atoms with Crippen molar-refractivity contribution in [1.29, 1.82) is 0 Å². The number of unbranched alkanes of at least 4 members (excludes halogenated alkanes) is 2. The molecule has 0 saturated heterocycles. The number of rotatable bonds is 16. The van der Waals surface area contributed by atoms with Crippen LogP contribution in [-0.4, -0.2) is 27.5 Å². The van der Waals surface area contributed by atoms with E-state index >= 15 is 0 Å². The van der Waals surface area contributed by atoms with E-state index in [0.29, 0.717) is 12.0 Å². The van der Waals surface area contributed by atoms with Crippen molar-refractivity contribution in [3.8, 4) is 0 Å². The maximum Gasteiger partial charge on any atom is 0.303 e. The van der Waals surface area contributed by atoms with Crippen LogP contribution in [0.15, 0.2) is 115 Å². The second-order valence-corrected chi connectivity index (χ2v) is 13.2. The average Bonchev–Trinajstić information content (AvgIpc) is 3.28. The van der Waals surface area contributed by atoms with Crippen molar-refractivity contribution in [2.45, 2.75) is 70.8 Å². The van der Waals surface area contributed by atoms with Gasteiger partial charge in [-0.3, -0.25) is 25.0 Å². The number of non-ortho nitro benzene ring substituents is 2. The fraction of sp³-hybridized carbons (Fsp3) is 0.308. The third kappa shape index (κ3) is 8.70. The molecule has 3 aromatic rings. The minimum absolute atomic E-state index is 0.162. The zero-order valence-corrected chi connectivity index (χ0v) is 28.5. The highest BCUT2D eigenvalue weighted by molar-refractivity contribution is 5.71. The summed E-state index contributed by atoms with van der Waals surface area (Å²) in [5.41, 5.74) is 5.34. The van der Waals surface area contributed by atoms with Crippen LogP contribution in [0.2, 0.25) is 0 Å². The smallest absolute Gasteiger partial charge is 0.303 e. The van der Waals surface area contributed by atoms with Gasteiger partial charge in [-0.2, -0.15) is 0 Å². The van der Waals surface area contributed by atoms with Gasteiger partial charge in [0.25, 0.3) is 11.4 Å². The highest BCUT2D eigenvalue weighted by atomic mass is 16.6. The number of carbonyl (C=O) groups is 1. The van der Waals surface area contributed by atoms with Crippen LogP contribution in [0.5, 0.6) is 0 Å². The summed E-state index contributed by atoms with van der Waals surface area (Å²) in [6.45, 7) is 13.9. The van der Waals surface area contributed by atoms with Crippen LogP contribution >= 0.6 is 0 Å². The van der Waals surface area contributed by atoms with Crippen molar-refractivity contribution in [3.63, 3.8) is 0 Å². The van der Waals surface area contributed by atoms with E-state index in [9.17, 15) is 25.0 Å². The molecule has 0 atom stereocenters. The predicted molar refractivity (Wildman–Crippen MR) is 195 cm³/mol. The molecular weight excluding hydrogens is 620 g/mol. The first-order valence-corrected chi connectivity index (χ1v) is 16.3. The van der Waals surface area contributed by atoms with Crippen molar-refractivity contribution in [3.05, 3.63) is 152 Å². The van der Waals surface area contributed by atoms with E-state index in [4.69, 9.17) is 5.11 Å². The van der Waals surface area contributed by atoms with Gasteiger partial charge in [-0.15, -0.1) is 0 Å². The van der Waals surface area contributed by atoms with Crippen molar-refractivity contribution in [2.24, 2.45) is 0 Å². The molecule has 0 spiro atoms. The Morgan fingerprint density at radius 1 is 0.939 bits per heavy atom. The summed E-state index contributed by atoms with van der Waals surface area (Å²) in [7, 11) is 0. The molecule has 4 rings (SSSR count). The maximum absolute atomic E-state index is 11.3. The molecular formula is C39H44N4O6. The Hall–Kier alpha value is -5.51. The molecule has 0 aliphatic carbocycles. The van der Waals surface area contributed by atoms with Crippen LogP contribution in [0.4, 0.5) is 22.7 Å². The number of carboxylic acids is 1. The number of hydrogen-bond donors (Lipinski definition) is 2. The number of anilines is 2. The first-order valence-electron chi connectivity index (χ1n) is 16.3. The van der Waals surface area contributed by atoms with E-state index in [1.165, 1.54) is 29.1 Å². The van der Waals surface area contributed by atoms with Gasteiger partial charge >= 0.3 is 5.97 Å². The number of carboxylic acid groups (broad SMARTS) is 1. The summed E-state index contributed by atoms with van der Waals surface area (Å²) in [5.74, 6) is -0.758. The molecule has 1 aliphatic rings. The van der Waals surface area contributed by atoms with Gasteiger partial charge in [0.15, 0.2) is 0 Å². The third-order valence-electron chi connectivity index (χ3n) is 9.12. The molecule has 3 aromatic carbocycles. The van der Waals surface area contributed by atoms with Gasteiger partial charge in [0.05, 0.1) is 15.9 Å². The van der Waals surface area contributed by atoms with Gasteiger partial charge in [0, 0.05) is 59.5 Å². The Balaban J connectivity index is 1.47. The zero-order valence-electron chi connectivity index (χ0n) is 28.5. The van der Waals surface area contributed by atoms with Gasteiger partial charge in [0.2, 0.25) is 0 Å². The second-order valence-electron chi connectivity index (χ2n) is 13.2. The molecule has 0 bridgehead atoms. The van der Waals surface area contributed by atoms with Gasteiger partial charge in [-0.1, -0.05) is 101 Å². The third-order valence-corrected chi connectivity index (χ3v) is 9.12. The largest absolute Gasteiger partial charge is 0.481 e. The van der Waals surface area contributed by atoms with Gasteiger partial charge in [0.1, 0.15) is 0 Å². The van der Waals surface area contributed by atoms with E-state index in [-0.39, 0.29) is 29.8 Å². The molecule has 256 valence electrons. The number of nitro groups is 2. The average molecular weight is 665 g/mol. The standard InChI is InChI=1S/C39H44N4O6/c1-28(38(2,3)32-17-11-13-19-34(32)40-27-29-24-30(42(46)47)26-31(25-29)43(48)49)16-8-6-9-21-36-39(4,5)33-18-12-14-20-35(33)41(36)23-15-7-10-22-37(44)45/h6,8-9,11-14,16-21,24-26,40H,1,7,10,15,22-23,27H2,2-5H3,(H,44,45)/b9-6+,16-8+,36-21-. The number of benzene rings is 3. The Morgan fingerprint density at radius 3 is 2.27 bits per heavy atom. The minimum atomic E-state index is -0.758. The molecule has 0 amide bonds. The molecule has 0 saturated carbocycles.